The van der Waals surface area contributed by atoms with Crippen LogP contribution in [0.4, 0.5) is 0 Å². The number of aromatic nitrogens is 4. The molecule has 0 radical (unpaired) electrons. The first-order valence-corrected chi connectivity index (χ1v) is 9.23. The average molecular weight is 383 g/mol. The van der Waals surface area contributed by atoms with Crippen molar-refractivity contribution in [2.24, 2.45) is 5.92 Å². The van der Waals surface area contributed by atoms with Crippen molar-refractivity contribution in [1.29, 1.82) is 0 Å². The summed E-state index contributed by atoms with van der Waals surface area (Å²) >= 11 is 0. The first-order chi connectivity index (χ1) is 13.3. The Labute approximate surface area is 163 Å². The maximum Gasteiger partial charge on any atom is 0.253 e. The summed E-state index contributed by atoms with van der Waals surface area (Å²) in [6.07, 6.45) is 3.54. The number of benzene rings is 1. The lowest BCUT2D eigenvalue weighted by Gasteiger charge is -2.25. The maximum atomic E-state index is 12.6. The predicted octanol–water partition coefficient (Wildman–Crippen LogP) is 2.40. The molecule has 1 unspecified atom stereocenters. The zero-order valence-corrected chi connectivity index (χ0v) is 16.5. The van der Waals surface area contributed by atoms with Crippen molar-refractivity contribution in [2.45, 2.75) is 39.7 Å². The van der Waals surface area contributed by atoms with E-state index < -0.39 is 5.60 Å². The van der Waals surface area contributed by atoms with Gasteiger partial charge in [0.1, 0.15) is 17.1 Å². The minimum atomic E-state index is -1.06. The summed E-state index contributed by atoms with van der Waals surface area (Å²) in [5, 5.41) is 21.7. The van der Waals surface area contributed by atoms with E-state index in [1.807, 2.05) is 19.9 Å². The zero-order chi connectivity index (χ0) is 20.3. The number of hydrogen-bond acceptors (Lipinski definition) is 6. The molecule has 1 amide bonds. The number of nitrogens with zero attached hydrogens (tertiary/aromatic N) is 4. The molecule has 1 aromatic carbocycles. The number of aliphatic hydroxyl groups is 1. The molecule has 0 fully saturated rings. The molecule has 0 aliphatic heterocycles. The molecule has 0 aliphatic rings. The van der Waals surface area contributed by atoms with Crippen LogP contribution in [0.3, 0.4) is 0 Å². The fourth-order valence-corrected chi connectivity index (χ4v) is 2.86. The van der Waals surface area contributed by atoms with Crippen LogP contribution in [-0.4, -0.2) is 37.5 Å². The van der Waals surface area contributed by atoms with Gasteiger partial charge in [0, 0.05) is 13.0 Å². The zero-order valence-electron chi connectivity index (χ0n) is 16.5. The van der Waals surface area contributed by atoms with E-state index in [2.05, 4.69) is 20.5 Å². The maximum absolute atomic E-state index is 12.6. The summed E-state index contributed by atoms with van der Waals surface area (Å²) < 4.78 is 5.67. The molecule has 8 heteroatoms. The summed E-state index contributed by atoms with van der Waals surface area (Å²) in [5.74, 6) is 0.840. The number of para-hydroxylation sites is 1. The number of rotatable bonds is 7. The Morgan fingerprint density at radius 3 is 2.64 bits per heavy atom. The van der Waals surface area contributed by atoms with Crippen molar-refractivity contribution in [3.63, 3.8) is 0 Å². The molecule has 3 rings (SSSR count). The average Bonchev–Trinajstić information content (AvgIpc) is 3.31. The number of amides is 1. The number of oxazole rings is 1. The number of nitrogens with one attached hydrogen (secondary N) is 1. The monoisotopic (exact) mass is 383 g/mol. The van der Waals surface area contributed by atoms with Crippen LogP contribution in [0.15, 0.2) is 41.1 Å². The van der Waals surface area contributed by atoms with E-state index in [9.17, 15) is 9.90 Å². The van der Waals surface area contributed by atoms with Gasteiger partial charge < -0.3 is 14.8 Å². The SMILES string of the molecule is Cc1oc(CCNC(=O)c2ccccc2-n2nccn2)nc1C(C)(O)C(C)C. The molecule has 0 saturated carbocycles. The minimum absolute atomic E-state index is 0.00346. The van der Waals surface area contributed by atoms with Crippen LogP contribution in [0.2, 0.25) is 0 Å². The summed E-state index contributed by atoms with van der Waals surface area (Å²) in [6.45, 7) is 7.73. The fourth-order valence-electron chi connectivity index (χ4n) is 2.86. The van der Waals surface area contributed by atoms with Crippen molar-refractivity contribution in [3.05, 3.63) is 59.6 Å². The first-order valence-electron chi connectivity index (χ1n) is 9.23. The molecule has 0 aliphatic carbocycles. The molecule has 0 bridgehead atoms. The summed E-state index contributed by atoms with van der Waals surface area (Å²) in [7, 11) is 0. The highest BCUT2D eigenvalue weighted by atomic mass is 16.4. The van der Waals surface area contributed by atoms with Crippen LogP contribution in [0.5, 0.6) is 0 Å². The highest BCUT2D eigenvalue weighted by molar-refractivity contribution is 5.97. The smallest absolute Gasteiger partial charge is 0.253 e. The Kier molecular flexibility index (Phi) is 5.60. The Morgan fingerprint density at radius 1 is 1.29 bits per heavy atom. The van der Waals surface area contributed by atoms with Crippen LogP contribution in [-0.2, 0) is 12.0 Å². The Balaban J connectivity index is 1.66. The lowest BCUT2D eigenvalue weighted by Crippen LogP contribution is -2.29. The third-order valence-electron chi connectivity index (χ3n) is 4.85. The Bertz CT molecular complexity index is 945. The molecule has 2 N–H and O–H groups in total. The number of carbonyl (C=O) groups excluding carboxylic acids is 1. The molecular weight excluding hydrogens is 358 g/mol. The molecule has 0 saturated heterocycles. The first kappa shape index (κ1) is 19.8. The third kappa shape index (κ3) is 3.96. The second kappa shape index (κ2) is 7.93. The van der Waals surface area contributed by atoms with E-state index in [-0.39, 0.29) is 11.8 Å². The highest BCUT2D eigenvalue weighted by Crippen LogP contribution is 2.30. The fraction of sp³-hybridized carbons (Fsp3) is 0.400. The van der Waals surface area contributed by atoms with E-state index in [0.717, 1.165) is 0 Å². The lowest BCUT2D eigenvalue weighted by atomic mass is 9.88. The number of carbonyl (C=O) groups is 1. The van der Waals surface area contributed by atoms with Gasteiger partial charge >= 0.3 is 0 Å². The van der Waals surface area contributed by atoms with Crippen LogP contribution in [0, 0.1) is 12.8 Å². The molecule has 2 heterocycles. The van der Waals surface area contributed by atoms with Gasteiger partial charge in [0.2, 0.25) is 0 Å². The minimum Gasteiger partial charge on any atom is -0.446 e. The second-order valence-corrected chi connectivity index (χ2v) is 7.16. The topological polar surface area (TPSA) is 106 Å². The van der Waals surface area contributed by atoms with E-state index in [1.54, 1.807) is 44.4 Å². The van der Waals surface area contributed by atoms with Crippen LogP contribution < -0.4 is 5.32 Å². The molecule has 148 valence electrons. The highest BCUT2D eigenvalue weighted by Gasteiger charge is 2.33. The van der Waals surface area contributed by atoms with Crippen molar-refractivity contribution >= 4 is 5.91 Å². The molecule has 1 atom stereocenters. The van der Waals surface area contributed by atoms with Gasteiger partial charge in [-0.05, 0) is 31.9 Å². The molecule has 0 spiro atoms. The van der Waals surface area contributed by atoms with Crippen molar-refractivity contribution in [2.75, 3.05) is 6.54 Å². The van der Waals surface area contributed by atoms with E-state index >= 15 is 0 Å². The van der Waals surface area contributed by atoms with Crippen LogP contribution >= 0.6 is 0 Å². The van der Waals surface area contributed by atoms with E-state index in [0.29, 0.717) is 41.6 Å². The van der Waals surface area contributed by atoms with Gasteiger partial charge in [0.05, 0.1) is 23.6 Å². The van der Waals surface area contributed by atoms with Gasteiger partial charge in [-0.3, -0.25) is 4.79 Å². The second-order valence-electron chi connectivity index (χ2n) is 7.16. The van der Waals surface area contributed by atoms with E-state index in [1.165, 1.54) is 4.80 Å². The number of hydrogen-bond donors (Lipinski definition) is 2. The van der Waals surface area contributed by atoms with Crippen molar-refractivity contribution in [3.8, 4) is 5.69 Å². The van der Waals surface area contributed by atoms with Crippen LogP contribution in [0.25, 0.3) is 5.69 Å². The Morgan fingerprint density at radius 2 is 1.96 bits per heavy atom. The quantitative estimate of drug-likeness (QED) is 0.649. The number of aryl methyl sites for hydroxylation is 1. The van der Waals surface area contributed by atoms with Crippen molar-refractivity contribution < 1.29 is 14.3 Å². The molecular formula is C20H25N5O3. The van der Waals surface area contributed by atoms with Gasteiger partial charge in [-0.25, -0.2) is 4.98 Å². The van der Waals surface area contributed by atoms with Crippen molar-refractivity contribution in [1.82, 2.24) is 25.3 Å². The van der Waals surface area contributed by atoms with Crippen LogP contribution in [0.1, 0.15) is 48.5 Å². The summed E-state index contributed by atoms with van der Waals surface area (Å²) in [4.78, 5) is 18.4. The normalized spacial score (nSPS) is 13.5. The molecule has 28 heavy (non-hydrogen) atoms. The van der Waals surface area contributed by atoms with Gasteiger partial charge in [-0.2, -0.15) is 15.0 Å². The Hall–Kier alpha value is -3.00. The predicted molar refractivity (Wildman–Crippen MR) is 103 cm³/mol. The summed E-state index contributed by atoms with van der Waals surface area (Å²) in [6, 6.07) is 7.13. The third-order valence-corrected chi connectivity index (χ3v) is 4.85. The van der Waals surface area contributed by atoms with Gasteiger partial charge in [0.15, 0.2) is 5.89 Å². The standard InChI is InChI=1S/C20H25N5O3/c1-13(2)20(4,27)18-14(3)28-17(24-18)9-10-21-19(26)15-7-5-6-8-16(15)25-22-11-12-23-25/h5-8,11-13,27H,9-10H2,1-4H3,(H,21,26). The van der Waals surface area contributed by atoms with Gasteiger partial charge in [-0.15, -0.1) is 0 Å². The molecule has 8 nitrogen and oxygen atoms in total. The summed E-state index contributed by atoms with van der Waals surface area (Å²) in [5.41, 5.74) is 0.557. The molecule has 3 aromatic rings. The van der Waals surface area contributed by atoms with Gasteiger partial charge in [-0.1, -0.05) is 26.0 Å². The van der Waals surface area contributed by atoms with Gasteiger partial charge in [0.25, 0.3) is 5.91 Å². The largest absolute Gasteiger partial charge is 0.446 e. The van der Waals surface area contributed by atoms with E-state index in [4.69, 9.17) is 4.42 Å². The molecule has 2 aromatic heterocycles. The lowest BCUT2D eigenvalue weighted by molar-refractivity contribution is 0.00401.